The Balaban J connectivity index is 2.25. The molecule has 0 radical (unpaired) electrons. The van der Waals surface area contributed by atoms with Crippen LogP contribution in [0.15, 0.2) is 30.6 Å². The zero-order valence-electron chi connectivity index (χ0n) is 9.65. The van der Waals surface area contributed by atoms with E-state index in [4.69, 9.17) is 11.6 Å². The molecule has 0 fully saturated rings. The fourth-order valence-electron chi connectivity index (χ4n) is 1.59. The van der Waals surface area contributed by atoms with Crippen LogP contribution in [-0.2, 0) is 0 Å². The number of hydrogen-bond acceptors (Lipinski definition) is 3. The van der Waals surface area contributed by atoms with E-state index in [9.17, 15) is 0 Å². The first-order valence-electron chi connectivity index (χ1n) is 5.52. The predicted molar refractivity (Wildman–Crippen MR) is 72.1 cm³/mol. The molecular weight excluding hydrogens is 234 g/mol. The number of hydrogen-bond donors (Lipinski definition) is 1. The SMILES string of the molecule is CNCCC=Cc1ccc2ncnc(Cl)c2c1. The minimum absolute atomic E-state index is 0.500. The molecule has 2 rings (SSSR count). The number of halogens is 1. The number of fused-ring (bicyclic) bond motifs is 1. The van der Waals surface area contributed by atoms with Crippen molar-refractivity contribution >= 4 is 28.6 Å². The molecule has 0 aliphatic carbocycles. The first kappa shape index (κ1) is 12.0. The third kappa shape index (κ3) is 3.02. The van der Waals surface area contributed by atoms with Crippen LogP contribution in [0.1, 0.15) is 12.0 Å². The summed E-state index contributed by atoms with van der Waals surface area (Å²) in [6.45, 7) is 0.980. The van der Waals surface area contributed by atoms with E-state index < -0.39 is 0 Å². The molecule has 0 saturated heterocycles. The lowest BCUT2D eigenvalue weighted by molar-refractivity contribution is 0.809. The minimum atomic E-state index is 0.500. The molecule has 0 amide bonds. The molecule has 0 saturated carbocycles. The molecule has 17 heavy (non-hydrogen) atoms. The summed E-state index contributed by atoms with van der Waals surface area (Å²) < 4.78 is 0. The first-order valence-corrected chi connectivity index (χ1v) is 5.90. The second kappa shape index (κ2) is 5.75. The van der Waals surface area contributed by atoms with Crippen LogP contribution in [0.5, 0.6) is 0 Å². The van der Waals surface area contributed by atoms with Crippen LogP contribution in [0.4, 0.5) is 0 Å². The van der Waals surface area contributed by atoms with E-state index in [-0.39, 0.29) is 0 Å². The summed E-state index contributed by atoms with van der Waals surface area (Å²) in [5, 5.41) is 4.49. The molecule has 1 aromatic heterocycles. The Morgan fingerprint density at radius 1 is 1.35 bits per heavy atom. The summed E-state index contributed by atoms with van der Waals surface area (Å²) >= 11 is 6.03. The Kier molecular flexibility index (Phi) is 4.07. The van der Waals surface area contributed by atoms with Gasteiger partial charge in [0, 0.05) is 5.39 Å². The third-order valence-corrected chi connectivity index (χ3v) is 2.78. The van der Waals surface area contributed by atoms with Crippen molar-refractivity contribution in [2.24, 2.45) is 0 Å². The van der Waals surface area contributed by atoms with Crippen LogP contribution >= 0.6 is 11.6 Å². The number of aromatic nitrogens is 2. The van der Waals surface area contributed by atoms with E-state index in [1.807, 2.05) is 25.2 Å². The van der Waals surface area contributed by atoms with Gasteiger partial charge in [0.15, 0.2) is 0 Å². The second-order valence-electron chi connectivity index (χ2n) is 3.74. The first-order chi connectivity index (χ1) is 8.31. The highest BCUT2D eigenvalue weighted by Crippen LogP contribution is 2.20. The van der Waals surface area contributed by atoms with Crippen molar-refractivity contribution in [2.45, 2.75) is 6.42 Å². The molecule has 4 heteroatoms. The van der Waals surface area contributed by atoms with Gasteiger partial charge in [-0.25, -0.2) is 9.97 Å². The van der Waals surface area contributed by atoms with E-state index >= 15 is 0 Å². The Morgan fingerprint density at radius 2 is 2.24 bits per heavy atom. The van der Waals surface area contributed by atoms with Crippen molar-refractivity contribution in [2.75, 3.05) is 13.6 Å². The summed E-state index contributed by atoms with van der Waals surface area (Å²) in [7, 11) is 1.95. The minimum Gasteiger partial charge on any atom is -0.319 e. The van der Waals surface area contributed by atoms with Gasteiger partial charge >= 0.3 is 0 Å². The highest BCUT2D eigenvalue weighted by molar-refractivity contribution is 6.34. The van der Waals surface area contributed by atoms with Gasteiger partial charge in [0.1, 0.15) is 11.5 Å². The van der Waals surface area contributed by atoms with Crippen molar-refractivity contribution in [3.63, 3.8) is 0 Å². The lowest BCUT2D eigenvalue weighted by Crippen LogP contribution is -2.05. The van der Waals surface area contributed by atoms with Crippen LogP contribution in [0.3, 0.4) is 0 Å². The van der Waals surface area contributed by atoms with E-state index in [1.165, 1.54) is 6.33 Å². The Hall–Kier alpha value is -1.45. The van der Waals surface area contributed by atoms with Crippen LogP contribution in [0, 0.1) is 0 Å². The molecule has 1 heterocycles. The van der Waals surface area contributed by atoms with Crippen molar-refractivity contribution in [3.8, 4) is 0 Å². The smallest absolute Gasteiger partial charge is 0.140 e. The molecule has 1 N–H and O–H groups in total. The summed E-state index contributed by atoms with van der Waals surface area (Å²) in [6.07, 6.45) is 6.70. The number of nitrogens with zero attached hydrogens (tertiary/aromatic N) is 2. The Labute approximate surface area is 106 Å². The average Bonchev–Trinajstić information content (AvgIpc) is 2.36. The van der Waals surface area contributed by atoms with Gasteiger partial charge in [-0.05, 0) is 37.7 Å². The molecule has 0 bridgehead atoms. The number of rotatable bonds is 4. The summed E-state index contributed by atoms with van der Waals surface area (Å²) in [6, 6.07) is 6.00. The van der Waals surface area contributed by atoms with Crippen LogP contribution in [-0.4, -0.2) is 23.6 Å². The molecule has 0 atom stereocenters. The highest BCUT2D eigenvalue weighted by atomic mass is 35.5. The quantitative estimate of drug-likeness (QED) is 0.667. The second-order valence-corrected chi connectivity index (χ2v) is 4.09. The fraction of sp³-hybridized carbons (Fsp3) is 0.231. The topological polar surface area (TPSA) is 37.8 Å². The van der Waals surface area contributed by atoms with Crippen molar-refractivity contribution in [1.29, 1.82) is 0 Å². The maximum absolute atomic E-state index is 6.03. The van der Waals surface area contributed by atoms with Crippen molar-refractivity contribution in [1.82, 2.24) is 15.3 Å². The normalized spacial score (nSPS) is 11.4. The predicted octanol–water partition coefficient (Wildman–Crippen LogP) is 2.91. The summed E-state index contributed by atoms with van der Waals surface area (Å²) in [4.78, 5) is 8.14. The molecular formula is C13H14ClN3. The molecule has 0 unspecified atom stereocenters. The van der Waals surface area contributed by atoms with Crippen molar-refractivity contribution in [3.05, 3.63) is 41.3 Å². The molecule has 0 spiro atoms. The standard InChI is InChI=1S/C13H14ClN3/c1-15-7-3-2-4-10-5-6-12-11(8-10)13(14)17-9-16-12/h2,4-6,8-9,15H,3,7H2,1H3. The van der Waals surface area contributed by atoms with Gasteiger partial charge in [-0.2, -0.15) is 0 Å². The van der Waals surface area contributed by atoms with Gasteiger partial charge in [0.2, 0.25) is 0 Å². The summed E-state index contributed by atoms with van der Waals surface area (Å²) in [5.41, 5.74) is 1.99. The van der Waals surface area contributed by atoms with Crippen LogP contribution < -0.4 is 5.32 Å². The zero-order chi connectivity index (χ0) is 12.1. The number of nitrogens with one attached hydrogen (secondary N) is 1. The van der Waals surface area contributed by atoms with Crippen molar-refractivity contribution < 1.29 is 0 Å². The Bertz CT molecular complexity index is 537. The van der Waals surface area contributed by atoms with E-state index in [1.54, 1.807) is 0 Å². The monoisotopic (exact) mass is 247 g/mol. The maximum Gasteiger partial charge on any atom is 0.140 e. The molecule has 2 aromatic rings. The fourth-order valence-corrected chi connectivity index (χ4v) is 1.79. The van der Waals surface area contributed by atoms with Gasteiger partial charge in [-0.15, -0.1) is 0 Å². The largest absolute Gasteiger partial charge is 0.319 e. The average molecular weight is 248 g/mol. The van der Waals surface area contributed by atoms with Gasteiger partial charge in [-0.3, -0.25) is 0 Å². The van der Waals surface area contributed by atoms with Crippen LogP contribution in [0.25, 0.3) is 17.0 Å². The highest BCUT2D eigenvalue weighted by Gasteiger charge is 2.00. The molecule has 3 nitrogen and oxygen atoms in total. The number of benzene rings is 1. The van der Waals surface area contributed by atoms with Gasteiger partial charge in [0.25, 0.3) is 0 Å². The summed E-state index contributed by atoms with van der Waals surface area (Å²) in [5.74, 6) is 0. The lowest BCUT2D eigenvalue weighted by Gasteiger charge is -2.00. The molecule has 0 aliphatic rings. The molecule has 88 valence electrons. The van der Waals surface area contributed by atoms with E-state index in [0.29, 0.717) is 5.15 Å². The Morgan fingerprint density at radius 3 is 3.06 bits per heavy atom. The van der Waals surface area contributed by atoms with Gasteiger partial charge in [-0.1, -0.05) is 29.8 Å². The molecule has 1 aromatic carbocycles. The lowest BCUT2D eigenvalue weighted by atomic mass is 10.1. The van der Waals surface area contributed by atoms with E-state index in [2.05, 4.69) is 27.4 Å². The van der Waals surface area contributed by atoms with E-state index in [0.717, 1.165) is 29.4 Å². The van der Waals surface area contributed by atoms with Crippen LogP contribution in [0.2, 0.25) is 5.15 Å². The van der Waals surface area contributed by atoms with Gasteiger partial charge < -0.3 is 5.32 Å². The third-order valence-electron chi connectivity index (χ3n) is 2.48. The zero-order valence-corrected chi connectivity index (χ0v) is 10.4. The molecule has 0 aliphatic heterocycles. The van der Waals surface area contributed by atoms with Gasteiger partial charge in [0.05, 0.1) is 5.52 Å². The maximum atomic E-state index is 6.03.